The second-order valence-corrected chi connectivity index (χ2v) is 7.79. The van der Waals surface area contributed by atoms with Crippen LogP contribution in [0.4, 0.5) is 5.69 Å². The topological polar surface area (TPSA) is 93.3 Å². The number of nitro benzene ring substituents is 1. The zero-order chi connectivity index (χ0) is 21.8. The molecule has 9 heteroatoms. The number of halogens is 1. The van der Waals surface area contributed by atoms with E-state index in [4.69, 9.17) is 11.6 Å². The number of non-ortho nitro benzene ring substituents is 1. The monoisotopic (exact) mass is 439 g/mol. The van der Waals surface area contributed by atoms with Crippen molar-refractivity contribution in [2.45, 2.75) is 12.8 Å². The predicted molar refractivity (Wildman–Crippen MR) is 119 cm³/mol. The Kier molecular flexibility index (Phi) is 6.29. The van der Waals surface area contributed by atoms with Gasteiger partial charge in [-0.25, -0.2) is 4.68 Å². The summed E-state index contributed by atoms with van der Waals surface area (Å²) in [5, 5.41) is 18.9. The highest BCUT2D eigenvalue weighted by Crippen LogP contribution is 2.26. The lowest BCUT2D eigenvalue weighted by atomic mass is 10.1. The van der Waals surface area contributed by atoms with Crippen molar-refractivity contribution in [2.24, 2.45) is 0 Å². The first-order chi connectivity index (χ1) is 15.0. The van der Waals surface area contributed by atoms with Crippen molar-refractivity contribution >= 4 is 23.2 Å². The van der Waals surface area contributed by atoms with E-state index in [0.717, 1.165) is 19.6 Å². The maximum absolute atomic E-state index is 13.0. The van der Waals surface area contributed by atoms with Gasteiger partial charge in [0.15, 0.2) is 0 Å². The molecule has 0 atom stereocenters. The fourth-order valence-corrected chi connectivity index (χ4v) is 3.89. The molecule has 0 saturated carbocycles. The molecule has 1 N–H and O–H groups in total. The number of nitro groups is 1. The van der Waals surface area contributed by atoms with Crippen LogP contribution < -0.4 is 5.32 Å². The Morgan fingerprint density at radius 3 is 2.52 bits per heavy atom. The van der Waals surface area contributed by atoms with Crippen molar-refractivity contribution < 1.29 is 9.72 Å². The molecule has 0 radical (unpaired) electrons. The Morgan fingerprint density at radius 1 is 1.13 bits per heavy atom. The highest BCUT2D eigenvalue weighted by molar-refractivity contribution is 6.32. The van der Waals surface area contributed by atoms with Gasteiger partial charge in [0.1, 0.15) is 5.69 Å². The number of likely N-dealkylation sites (tertiary alicyclic amines) is 1. The molecule has 2 heterocycles. The lowest BCUT2D eigenvalue weighted by molar-refractivity contribution is -0.384. The summed E-state index contributed by atoms with van der Waals surface area (Å²) >= 11 is 6.36. The van der Waals surface area contributed by atoms with E-state index in [-0.39, 0.29) is 11.6 Å². The van der Waals surface area contributed by atoms with Crippen LogP contribution in [0.15, 0.2) is 54.6 Å². The zero-order valence-corrected chi connectivity index (χ0v) is 17.6. The number of para-hydroxylation sites is 1. The lowest BCUT2D eigenvalue weighted by Crippen LogP contribution is -2.34. The molecule has 0 bridgehead atoms. The summed E-state index contributed by atoms with van der Waals surface area (Å²) in [5.74, 6) is -0.250. The summed E-state index contributed by atoms with van der Waals surface area (Å²) in [4.78, 5) is 25.8. The van der Waals surface area contributed by atoms with Crippen molar-refractivity contribution in [3.8, 4) is 16.9 Å². The molecule has 31 heavy (non-hydrogen) atoms. The van der Waals surface area contributed by atoms with E-state index in [1.165, 1.54) is 29.7 Å². The maximum atomic E-state index is 13.0. The quantitative estimate of drug-likeness (QED) is 0.444. The van der Waals surface area contributed by atoms with Gasteiger partial charge in [-0.1, -0.05) is 23.7 Å². The number of aromatic nitrogens is 2. The number of nitrogens with zero attached hydrogens (tertiary/aromatic N) is 4. The van der Waals surface area contributed by atoms with Crippen LogP contribution in [0.2, 0.25) is 5.02 Å². The predicted octanol–water partition coefficient (Wildman–Crippen LogP) is 3.93. The van der Waals surface area contributed by atoms with Crippen molar-refractivity contribution in [1.82, 2.24) is 20.0 Å². The second kappa shape index (κ2) is 9.28. The Morgan fingerprint density at radius 2 is 1.84 bits per heavy atom. The summed E-state index contributed by atoms with van der Waals surface area (Å²) in [6, 6.07) is 14.9. The Hall–Kier alpha value is -3.23. The van der Waals surface area contributed by atoms with E-state index >= 15 is 0 Å². The van der Waals surface area contributed by atoms with Crippen LogP contribution in [-0.2, 0) is 0 Å². The smallest absolute Gasteiger partial charge is 0.270 e. The molecule has 1 aliphatic rings. The van der Waals surface area contributed by atoms with Crippen LogP contribution in [-0.4, -0.2) is 51.7 Å². The molecule has 1 saturated heterocycles. The number of hydrogen-bond acceptors (Lipinski definition) is 5. The van der Waals surface area contributed by atoms with Crippen molar-refractivity contribution in [2.75, 3.05) is 26.2 Å². The molecule has 1 aromatic heterocycles. The number of rotatable bonds is 7. The van der Waals surface area contributed by atoms with E-state index < -0.39 is 4.92 Å². The minimum atomic E-state index is -0.453. The average Bonchev–Trinajstić information content (AvgIpc) is 3.44. The number of nitrogens with one attached hydrogen (secondary N) is 1. The third-order valence-electron chi connectivity index (χ3n) is 5.31. The SMILES string of the molecule is O=C(NCCN1CCCC1)c1cc(-c2ccc([N+](=O)[O-])cc2)nn1-c1ccccc1Cl. The summed E-state index contributed by atoms with van der Waals surface area (Å²) in [5.41, 5.74) is 2.13. The molecule has 1 aliphatic heterocycles. The third kappa shape index (κ3) is 4.76. The molecule has 1 fully saturated rings. The van der Waals surface area contributed by atoms with Crippen molar-refractivity contribution in [3.63, 3.8) is 0 Å². The fourth-order valence-electron chi connectivity index (χ4n) is 3.67. The van der Waals surface area contributed by atoms with E-state index in [0.29, 0.717) is 34.2 Å². The van der Waals surface area contributed by atoms with Crippen LogP contribution in [0.1, 0.15) is 23.3 Å². The molecule has 4 rings (SSSR count). The van der Waals surface area contributed by atoms with Gasteiger partial charge in [0.25, 0.3) is 11.6 Å². The molecular weight excluding hydrogens is 418 g/mol. The summed E-state index contributed by atoms with van der Waals surface area (Å²) in [7, 11) is 0. The van der Waals surface area contributed by atoms with E-state index in [2.05, 4.69) is 15.3 Å². The van der Waals surface area contributed by atoms with Gasteiger partial charge in [-0.2, -0.15) is 5.10 Å². The Bertz CT molecular complexity index is 1090. The highest BCUT2D eigenvalue weighted by atomic mass is 35.5. The van der Waals surface area contributed by atoms with Gasteiger partial charge in [0.05, 0.1) is 21.3 Å². The number of hydrogen-bond donors (Lipinski definition) is 1. The number of amides is 1. The molecule has 0 aliphatic carbocycles. The second-order valence-electron chi connectivity index (χ2n) is 7.39. The summed E-state index contributed by atoms with van der Waals surface area (Å²) in [6.45, 7) is 3.48. The van der Waals surface area contributed by atoms with Crippen LogP contribution >= 0.6 is 11.6 Å². The first kappa shape index (κ1) is 21.0. The first-order valence-electron chi connectivity index (χ1n) is 10.1. The van der Waals surface area contributed by atoms with Crippen LogP contribution in [0.5, 0.6) is 0 Å². The Balaban J connectivity index is 1.62. The van der Waals surface area contributed by atoms with Gasteiger partial charge in [-0.15, -0.1) is 0 Å². The Labute approximate surface area is 184 Å². The van der Waals surface area contributed by atoms with Gasteiger partial charge in [0.2, 0.25) is 0 Å². The molecule has 0 spiro atoms. The van der Waals surface area contributed by atoms with E-state index in [1.807, 2.05) is 12.1 Å². The van der Waals surface area contributed by atoms with Crippen molar-refractivity contribution in [1.29, 1.82) is 0 Å². The molecule has 3 aromatic rings. The minimum absolute atomic E-state index is 0.00540. The maximum Gasteiger partial charge on any atom is 0.270 e. The van der Waals surface area contributed by atoms with Gasteiger partial charge in [0, 0.05) is 30.8 Å². The zero-order valence-electron chi connectivity index (χ0n) is 16.8. The van der Waals surface area contributed by atoms with Crippen LogP contribution in [0.3, 0.4) is 0 Å². The number of benzene rings is 2. The molecule has 2 aromatic carbocycles. The van der Waals surface area contributed by atoms with Gasteiger partial charge >= 0.3 is 0 Å². The normalized spacial score (nSPS) is 14.0. The molecular formula is C22H22ClN5O3. The van der Waals surface area contributed by atoms with Gasteiger partial charge in [-0.05, 0) is 56.3 Å². The van der Waals surface area contributed by atoms with Crippen LogP contribution in [0, 0.1) is 10.1 Å². The number of carbonyl (C=O) groups is 1. The van der Waals surface area contributed by atoms with E-state index in [1.54, 1.807) is 30.3 Å². The van der Waals surface area contributed by atoms with Crippen LogP contribution in [0.25, 0.3) is 16.9 Å². The van der Waals surface area contributed by atoms with Gasteiger partial charge in [-0.3, -0.25) is 14.9 Å². The molecule has 0 unspecified atom stereocenters. The summed E-state index contributed by atoms with van der Waals surface area (Å²) in [6.07, 6.45) is 2.40. The summed E-state index contributed by atoms with van der Waals surface area (Å²) < 4.78 is 1.52. The first-order valence-corrected chi connectivity index (χ1v) is 10.5. The fraction of sp³-hybridized carbons (Fsp3) is 0.273. The van der Waals surface area contributed by atoms with Gasteiger partial charge < -0.3 is 10.2 Å². The third-order valence-corrected chi connectivity index (χ3v) is 5.63. The molecule has 160 valence electrons. The number of carbonyl (C=O) groups excluding carboxylic acids is 1. The lowest BCUT2D eigenvalue weighted by Gasteiger charge is -2.15. The van der Waals surface area contributed by atoms with E-state index in [9.17, 15) is 14.9 Å². The minimum Gasteiger partial charge on any atom is -0.349 e. The molecule has 1 amide bonds. The largest absolute Gasteiger partial charge is 0.349 e. The average molecular weight is 440 g/mol. The standard InChI is InChI=1S/C22H22ClN5O3/c23-18-5-1-2-6-20(18)27-21(22(29)24-11-14-26-12-3-4-13-26)15-19(25-27)16-7-9-17(10-8-16)28(30)31/h1-2,5-10,15H,3-4,11-14H2,(H,24,29). The highest BCUT2D eigenvalue weighted by Gasteiger charge is 2.20. The molecule has 8 nitrogen and oxygen atoms in total. The van der Waals surface area contributed by atoms with Crippen molar-refractivity contribution in [3.05, 3.63) is 75.4 Å².